The third-order valence-corrected chi connectivity index (χ3v) is 7.40. The lowest BCUT2D eigenvalue weighted by Gasteiger charge is -2.31. The van der Waals surface area contributed by atoms with Gasteiger partial charge in [0.25, 0.3) is 5.56 Å². The normalized spacial score (nSPS) is 15.6. The topological polar surface area (TPSA) is 69.4 Å². The highest BCUT2D eigenvalue weighted by Gasteiger charge is 2.28. The van der Waals surface area contributed by atoms with Gasteiger partial charge in [0.05, 0.1) is 12.2 Å². The van der Waals surface area contributed by atoms with Gasteiger partial charge in [0.15, 0.2) is 0 Å². The molecule has 0 spiro atoms. The van der Waals surface area contributed by atoms with Crippen molar-refractivity contribution in [2.24, 2.45) is 7.05 Å². The fraction of sp³-hybridized carbons (Fsp3) is 0.370. The van der Waals surface area contributed by atoms with E-state index in [1.165, 1.54) is 0 Å². The maximum atomic E-state index is 13.4. The Labute approximate surface area is 212 Å². The van der Waals surface area contributed by atoms with Crippen LogP contribution in [-0.2, 0) is 18.4 Å². The van der Waals surface area contributed by atoms with Crippen molar-refractivity contribution in [3.63, 3.8) is 0 Å². The molecule has 0 N–H and O–H groups in total. The molecule has 1 atom stereocenters. The van der Waals surface area contributed by atoms with E-state index < -0.39 is 0 Å². The van der Waals surface area contributed by atoms with Crippen LogP contribution in [0.25, 0.3) is 21.8 Å². The van der Waals surface area contributed by atoms with Crippen molar-refractivity contribution in [1.29, 1.82) is 0 Å². The minimum Gasteiger partial charge on any atom is -0.445 e. The molecule has 0 aliphatic carbocycles. The molecule has 182 valence electrons. The second kappa shape index (κ2) is 9.49. The van der Waals surface area contributed by atoms with Crippen LogP contribution in [0.4, 0.5) is 4.79 Å². The Morgan fingerprint density at radius 2 is 1.89 bits per heavy atom. The number of nitrogens with zero attached hydrogens (tertiary/aromatic N) is 4. The minimum atomic E-state index is -0.289. The van der Waals surface area contributed by atoms with Crippen LogP contribution in [0.1, 0.15) is 47.3 Å². The maximum absolute atomic E-state index is 13.4. The van der Waals surface area contributed by atoms with E-state index in [1.807, 2.05) is 61.2 Å². The van der Waals surface area contributed by atoms with Crippen LogP contribution in [0.3, 0.4) is 0 Å². The van der Waals surface area contributed by atoms with E-state index in [9.17, 15) is 9.59 Å². The van der Waals surface area contributed by atoms with E-state index >= 15 is 0 Å². The van der Waals surface area contributed by atoms with E-state index in [4.69, 9.17) is 9.84 Å². The van der Waals surface area contributed by atoms with Gasteiger partial charge in [-0.15, -0.1) is 0 Å². The fourth-order valence-corrected chi connectivity index (χ4v) is 5.47. The number of carbonyl (C=O) groups excluding carboxylic acids is 1. The zero-order chi connectivity index (χ0) is 24.7. The first kappa shape index (κ1) is 23.6. The number of aryl methyl sites for hydroxylation is 2. The molecule has 8 heteroatoms. The third-order valence-electron chi connectivity index (χ3n) is 6.91. The molecule has 1 unspecified atom stereocenters. The Balaban J connectivity index is 1.40. The molecule has 0 bridgehead atoms. The van der Waals surface area contributed by atoms with Crippen molar-refractivity contribution in [2.75, 3.05) is 13.1 Å². The fourth-order valence-electron chi connectivity index (χ4n) is 5.11. The number of hydrogen-bond acceptors (Lipinski definition) is 4. The van der Waals surface area contributed by atoms with Gasteiger partial charge in [0.2, 0.25) is 0 Å². The standard InChI is InChI=1S/C27H29BrN4O3/c1-17-13-21(18(2)28)24-22(14-17)26(33)30(3)25-23(24)15-29-32(25)20-9-11-31(12-10-20)27(34)35-16-19-7-5-4-6-8-19/h4-8,13-15,18,20H,9-12,16H2,1-3H3. The van der Waals surface area contributed by atoms with Gasteiger partial charge in [-0.2, -0.15) is 5.10 Å². The number of pyridine rings is 1. The first-order valence-electron chi connectivity index (χ1n) is 11.9. The first-order valence-corrected chi connectivity index (χ1v) is 12.9. The summed E-state index contributed by atoms with van der Waals surface area (Å²) in [5.41, 5.74) is 3.94. The largest absolute Gasteiger partial charge is 0.445 e. The van der Waals surface area contributed by atoms with Gasteiger partial charge in [0, 0.05) is 41.1 Å². The van der Waals surface area contributed by atoms with Crippen LogP contribution in [0.2, 0.25) is 0 Å². The highest BCUT2D eigenvalue weighted by Crippen LogP contribution is 2.35. The van der Waals surface area contributed by atoms with Gasteiger partial charge in [0.1, 0.15) is 12.3 Å². The molecule has 1 amide bonds. The number of piperidine rings is 1. The Bertz CT molecular complexity index is 1450. The Hall–Kier alpha value is -3.13. The summed E-state index contributed by atoms with van der Waals surface area (Å²) in [4.78, 5) is 27.8. The molecular formula is C27H29BrN4O3. The number of likely N-dealkylation sites (tertiary alicyclic amines) is 1. The van der Waals surface area contributed by atoms with Crippen LogP contribution in [0, 0.1) is 6.92 Å². The highest BCUT2D eigenvalue weighted by molar-refractivity contribution is 9.09. The zero-order valence-corrected chi connectivity index (χ0v) is 21.8. The lowest BCUT2D eigenvalue weighted by molar-refractivity contribution is 0.0824. The molecule has 1 fully saturated rings. The second-order valence-electron chi connectivity index (χ2n) is 9.34. The number of carbonyl (C=O) groups is 1. The second-order valence-corrected chi connectivity index (χ2v) is 10.7. The summed E-state index contributed by atoms with van der Waals surface area (Å²) in [6, 6.07) is 13.9. The summed E-state index contributed by atoms with van der Waals surface area (Å²) in [5.74, 6) is 0. The van der Waals surface area contributed by atoms with Crippen molar-refractivity contribution >= 4 is 43.8 Å². The van der Waals surface area contributed by atoms with E-state index in [0.29, 0.717) is 13.1 Å². The summed E-state index contributed by atoms with van der Waals surface area (Å²) in [7, 11) is 1.82. The molecule has 1 aliphatic rings. The van der Waals surface area contributed by atoms with Gasteiger partial charge in [-0.25, -0.2) is 9.48 Å². The zero-order valence-electron chi connectivity index (χ0n) is 20.2. The number of rotatable bonds is 4. The lowest BCUT2D eigenvalue weighted by Crippen LogP contribution is -2.39. The number of aromatic nitrogens is 3. The summed E-state index contributed by atoms with van der Waals surface area (Å²) in [6.45, 7) is 5.54. The predicted octanol–water partition coefficient (Wildman–Crippen LogP) is 5.63. The molecule has 3 heterocycles. The number of ether oxygens (including phenoxy) is 1. The van der Waals surface area contributed by atoms with Gasteiger partial charge >= 0.3 is 6.09 Å². The molecule has 7 nitrogen and oxygen atoms in total. The van der Waals surface area contributed by atoms with E-state index in [-0.39, 0.29) is 29.1 Å². The van der Waals surface area contributed by atoms with Crippen molar-refractivity contribution in [3.8, 4) is 0 Å². The number of fused-ring (bicyclic) bond motifs is 3. The van der Waals surface area contributed by atoms with Crippen LogP contribution in [-0.4, -0.2) is 38.4 Å². The lowest BCUT2D eigenvalue weighted by atomic mass is 9.98. The van der Waals surface area contributed by atoms with Crippen molar-refractivity contribution in [1.82, 2.24) is 19.2 Å². The molecule has 0 radical (unpaired) electrons. The number of benzene rings is 2. The average molecular weight is 537 g/mol. The molecule has 1 aliphatic heterocycles. The number of alkyl halides is 1. The molecule has 2 aromatic heterocycles. The number of hydrogen-bond donors (Lipinski definition) is 0. The molecule has 2 aromatic carbocycles. The molecule has 35 heavy (non-hydrogen) atoms. The maximum Gasteiger partial charge on any atom is 0.410 e. The quantitative estimate of drug-likeness (QED) is 0.317. The third kappa shape index (κ3) is 4.35. The smallest absolute Gasteiger partial charge is 0.410 e. The summed E-state index contributed by atoms with van der Waals surface area (Å²) in [5, 5.41) is 7.41. The average Bonchev–Trinajstić information content (AvgIpc) is 3.31. The number of amides is 1. The first-order chi connectivity index (χ1) is 16.8. The van der Waals surface area contributed by atoms with E-state index in [2.05, 4.69) is 28.9 Å². The van der Waals surface area contributed by atoms with Crippen LogP contribution in [0.15, 0.2) is 53.5 Å². The van der Waals surface area contributed by atoms with Crippen molar-refractivity contribution in [3.05, 3.63) is 75.7 Å². The van der Waals surface area contributed by atoms with Gasteiger partial charge in [-0.05, 0) is 49.4 Å². The SMILES string of the molecule is Cc1cc(C(C)Br)c2c(c1)c(=O)n(C)c1c2cnn1C1CCN(C(=O)OCc2ccccc2)CC1. The van der Waals surface area contributed by atoms with E-state index in [0.717, 1.165) is 51.3 Å². The Morgan fingerprint density at radius 3 is 2.57 bits per heavy atom. The molecule has 4 aromatic rings. The molecule has 0 saturated carbocycles. The summed E-state index contributed by atoms with van der Waals surface area (Å²) >= 11 is 3.71. The number of halogens is 1. The Morgan fingerprint density at radius 1 is 1.17 bits per heavy atom. The monoisotopic (exact) mass is 536 g/mol. The van der Waals surface area contributed by atoms with E-state index in [1.54, 1.807) is 9.47 Å². The van der Waals surface area contributed by atoms with Crippen molar-refractivity contribution in [2.45, 2.75) is 44.2 Å². The molecular weight excluding hydrogens is 508 g/mol. The highest BCUT2D eigenvalue weighted by atomic mass is 79.9. The van der Waals surface area contributed by atoms with Crippen molar-refractivity contribution < 1.29 is 9.53 Å². The Kier molecular flexibility index (Phi) is 6.40. The van der Waals surface area contributed by atoms with Gasteiger partial charge < -0.3 is 9.64 Å². The van der Waals surface area contributed by atoms with Crippen LogP contribution in [0.5, 0.6) is 0 Å². The minimum absolute atomic E-state index is 0.0192. The molecule has 1 saturated heterocycles. The van der Waals surface area contributed by atoms with Crippen LogP contribution < -0.4 is 5.56 Å². The predicted molar refractivity (Wildman–Crippen MR) is 141 cm³/mol. The molecule has 5 rings (SSSR count). The van der Waals surface area contributed by atoms with Gasteiger partial charge in [-0.3, -0.25) is 9.36 Å². The summed E-state index contributed by atoms with van der Waals surface area (Å²) < 4.78 is 9.20. The van der Waals surface area contributed by atoms with Crippen LogP contribution >= 0.6 is 15.9 Å². The van der Waals surface area contributed by atoms with Gasteiger partial charge in [-0.1, -0.05) is 52.3 Å². The summed E-state index contributed by atoms with van der Waals surface area (Å²) in [6.07, 6.45) is 3.09.